The second kappa shape index (κ2) is 11.2. The van der Waals surface area contributed by atoms with Crippen LogP contribution >= 0.6 is 34.5 Å². The summed E-state index contributed by atoms with van der Waals surface area (Å²) >= 11 is 14.6. The second-order valence-corrected chi connectivity index (χ2v) is 14.5. The first-order valence-electron chi connectivity index (χ1n) is 15.7. The molecule has 3 aliphatic rings. The fourth-order valence-corrected chi connectivity index (χ4v) is 8.85. The number of nitrogens with one attached hydrogen (secondary N) is 1. The molecule has 5 heterocycles. The summed E-state index contributed by atoms with van der Waals surface area (Å²) < 4.78 is 16.7. The molecule has 0 spiro atoms. The van der Waals surface area contributed by atoms with Gasteiger partial charge in [0, 0.05) is 70.0 Å². The molecule has 2 aliphatic heterocycles. The Balaban J connectivity index is 1.28. The lowest BCUT2D eigenvalue weighted by molar-refractivity contribution is -0.135. The van der Waals surface area contributed by atoms with Crippen molar-refractivity contribution >= 4 is 67.4 Å². The van der Waals surface area contributed by atoms with Crippen LogP contribution in [0.5, 0.6) is 0 Å². The number of fused-ring (bicyclic) bond motifs is 5. The van der Waals surface area contributed by atoms with Gasteiger partial charge < -0.3 is 14.8 Å². The normalized spacial score (nSPS) is 21.0. The first-order chi connectivity index (χ1) is 22.2. The van der Waals surface area contributed by atoms with Gasteiger partial charge in [0.1, 0.15) is 5.52 Å². The van der Waals surface area contributed by atoms with Crippen LogP contribution in [0, 0.1) is 42.8 Å². The number of piperidine rings is 1. The van der Waals surface area contributed by atoms with Gasteiger partial charge in [0.15, 0.2) is 10.9 Å². The predicted octanol–water partition coefficient (Wildman–Crippen LogP) is 8.55. The minimum Gasteiger partial charge on any atom is -0.356 e. The summed E-state index contributed by atoms with van der Waals surface area (Å²) in [7, 11) is 0. The van der Waals surface area contributed by atoms with Crippen molar-refractivity contribution < 1.29 is 9.18 Å². The standard InChI is InChI=1S/C35H31Cl2FN6OS/c1-17-16-46-35(40-17)43-14-21-11-22(15-43)44(34(45)19-8-9-19)33(21)27-13-24-18(2)41-32-25(31(24)42-27)12-20(5-4-10-39)28(30(32)38)23-6-3-7-26(36)29(23)37/h3,6-7,12-13,16,19,21-22,33,42H,4-5,8-9,11,14-15H2,1-2H3. The molecule has 5 aromatic rings. The number of benzene rings is 2. The van der Waals surface area contributed by atoms with Gasteiger partial charge in [0.05, 0.1) is 39.4 Å². The molecule has 1 N–H and O–H groups in total. The maximum Gasteiger partial charge on any atom is 0.226 e. The van der Waals surface area contributed by atoms with Crippen LogP contribution in [0.15, 0.2) is 35.7 Å². The Bertz CT molecular complexity index is 2100. The number of hydrogen-bond donors (Lipinski definition) is 1. The molecule has 1 aliphatic carbocycles. The highest BCUT2D eigenvalue weighted by atomic mass is 35.5. The van der Waals surface area contributed by atoms with Gasteiger partial charge >= 0.3 is 0 Å². The Hall–Kier alpha value is -3.71. The number of anilines is 1. The molecule has 2 saturated heterocycles. The second-order valence-electron chi connectivity index (χ2n) is 12.9. The van der Waals surface area contributed by atoms with Crippen molar-refractivity contribution in [3.05, 3.63) is 74.2 Å². The Kier molecular flexibility index (Phi) is 7.24. The number of aromatic amines is 1. The zero-order valence-electron chi connectivity index (χ0n) is 25.4. The van der Waals surface area contributed by atoms with E-state index in [0.717, 1.165) is 59.8 Å². The number of aryl methyl sites for hydroxylation is 3. The van der Waals surface area contributed by atoms with Gasteiger partial charge in [-0.05, 0) is 63.3 Å². The monoisotopic (exact) mass is 672 g/mol. The number of carbonyl (C=O) groups excluding carboxylic acids is 1. The van der Waals surface area contributed by atoms with Crippen molar-refractivity contribution in [3.63, 3.8) is 0 Å². The lowest BCUT2D eigenvalue weighted by atomic mass is 9.93. The van der Waals surface area contributed by atoms with Crippen LogP contribution in [-0.4, -0.2) is 44.9 Å². The summed E-state index contributed by atoms with van der Waals surface area (Å²) in [5.41, 5.74) is 5.11. The van der Waals surface area contributed by atoms with Gasteiger partial charge in [-0.3, -0.25) is 4.79 Å². The minimum absolute atomic E-state index is 0.0968. The zero-order valence-corrected chi connectivity index (χ0v) is 27.7. The summed E-state index contributed by atoms with van der Waals surface area (Å²) in [6.07, 6.45) is 3.38. The number of hydrogen-bond acceptors (Lipinski definition) is 6. The minimum atomic E-state index is -0.493. The number of amides is 1. The van der Waals surface area contributed by atoms with Gasteiger partial charge in [0.2, 0.25) is 5.91 Å². The number of carbonyl (C=O) groups is 1. The van der Waals surface area contributed by atoms with E-state index in [2.05, 4.69) is 32.3 Å². The maximum absolute atomic E-state index is 16.7. The predicted molar refractivity (Wildman–Crippen MR) is 181 cm³/mol. The number of halogens is 3. The van der Waals surface area contributed by atoms with Gasteiger partial charge in [-0.15, -0.1) is 11.3 Å². The fraction of sp³-hybridized carbons (Fsp3) is 0.371. The first kappa shape index (κ1) is 29.7. The molecule has 2 bridgehead atoms. The summed E-state index contributed by atoms with van der Waals surface area (Å²) in [5.74, 6) is 0.0607. The van der Waals surface area contributed by atoms with E-state index in [9.17, 15) is 10.1 Å². The number of H-pyrrole nitrogens is 1. The molecule has 46 heavy (non-hydrogen) atoms. The maximum atomic E-state index is 16.7. The van der Waals surface area contributed by atoms with Gasteiger partial charge in [0.25, 0.3) is 0 Å². The van der Waals surface area contributed by atoms with E-state index in [4.69, 9.17) is 33.2 Å². The number of thiazole rings is 1. The van der Waals surface area contributed by atoms with Crippen molar-refractivity contribution in [1.29, 1.82) is 5.26 Å². The molecule has 11 heteroatoms. The van der Waals surface area contributed by atoms with E-state index in [-0.39, 0.29) is 46.8 Å². The molecule has 0 radical (unpaired) electrons. The number of likely N-dealkylation sites (tertiary alicyclic amines) is 1. The molecule has 7 nitrogen and oxygen atoms in total. The van der Waals surface area contributed by atoms with Crippen LogP contribution in [0.2, 0.25) is 10.0 Å². The molecule has 3 aromatic heterocycles. The average Bonchev–Trinajstić information content (AvgIpc) is 3.55. The van der Waals surface area contributed by atoms with Crippen LogP contribution in [0.1, 0.15) is 54.4 Å². The molecular formula is C35H31Cl2FN6OS. The van der Waals surface area contributed by atoms with E-state index in [0.29, 0.717) is 39.2 Å². The van der Waals surface area contributed by atoms with Crippen LogP contribution in [0.3, 0.4) is 0 Å². The van der Waals surface area contributed by atoms with Gasteiger partial charge in [-0.2, -0.15) is 5.26 Å². The molecule has 8 rings (SSSR count). The highest BCUT2D eigenvalue weighted by Crippen LogP contribution is 2.49. The van der Waals surface area contributed by atoms with Crippen molar-refractivity contribution in [1.82, 2.24) is 19.9 Å². The van der Waals surface area contributed by atoms with E-state index >= 15 is 4.39 Å². The van der Waals surface area contributed by atoms with Crippen LogP contribution in [-0.2, 0) is 11.2 Å². The third-order valence-corrected chi connectivity index (χ3v) is 11.6. The first-order valence-corrected chi connectivity index (χ1v) is 17.3. The number of aromatic nitrogens is 3. The van der Waals surface area contributed by atoms with Crippen molar-refractivity contribution in [2.75, 3.05) is 18.0 Å². The van der Waals surface area contributed by atoms with Crippen molar-refractivity contribution in [3.8, 4) is 17.2 Å². The molecule has 234 valence electrons. The summed E-state index contributed by atoms with van der Waals surface area (Å²) in [5, 5.41) is 14.6. The number of nitriles is 1. The Morgan fingerprint density at radius 3 is 2.74 bits per heavy atom. The average molecular weight is 674 g/mol. The lowest BCUT2D eigenvalue weighted by Gasteiger charge is -2.32. The third-order valence-electron chi connectivity index (χ3n) is 9.80. The fourth-order valence-electron chi connectivity index (χ4n) is 7.63. The number of nitrogens with zero attached hydrogens (tertiary/aromatic N) is 5. The molecule has 2 aromatic carbocycles. The molecule has 3 atom stereocenters. The number of rotatable bonds is 6. The van der Waals surface area contributed by atoms with E-state index in [1.165, 1.54) is 0 Å². The smallest absolute Gasteiger partial charge is 0.226 e. The largest absolute Gasteiger partial charge is 0.356 e. The SMILES string of the molecule is Cc1csc(N2CC3CC(C2)N(C(=O)C2CC2)C3c2cc3c(C)nc4c(F)c(-c5cccc(Cl)c5Cl)c(CCC#N)cc4c3[nH]2)n1. The van der Waals surface area contributed by atoms with Crippen LogP contribution in [0.25, 0.3) is 32.9 Å². The highest BCUT2D eigenvalue weighted by Gasteiger charge is 2.52. The van der Waals surface area contributed by atoms with E-state index in [1.54, 1.807) is 29.5 Å². The Labute approximate surface area is 280 Å². The van der Waals surface area contributed by atoms with Crippen molar-refractivity contribution in [2.24, 2.45) is 11.8 Å². The molecule has 3 unspecified atom stereocenters. The quantitative estimate of drug-likeness (QED) is 0.195. The van der Waals surface area contributed by atoms with E-state index in [1.807, 2.05) is 19.9 Å². The summed E-state index contributed by atoms with van der Waals surface area (Å²) in [6.45, 7) is 5.48. The highest BCUT2D eigenvalue weighted by molar-refractivity contribution is 7.13. The lowest BCUT2D eigenvalue weighted by Crippen LogP contribution is -2.44. The third kappa shape index (κ3) is 4.76. The zero-order chi connectivity index (χ0) is 31.9. The van der Waals surface area contributed by atoms with Crippen LogP contribution in [0.4, 0.5) is 9.52 Å². The Morgan fingerprint density at radius 1 is 1.17 bits per heavy atom. The molecular weight excluding hydrogens is 642 g/mol. The topological polar surface area (TPSA) is 88.9 Å². The van der Waals surface area contributed by atoms with E-state index < -0.39 is 5.82 Å². The summed E-state index contributed by atoms with van der Waals surface area (Å²) in [6, 6.07) is 11.4. The number of pyridine rings is 1. The van der Waals surface area contributed by atoms with Gasteiger partial charge in [-0.25, -0.2) is 14.4 Å². The molecule has 1 saturated carbocycles. The van der Waals surface area contributed by atoms with Crippen LogP contribution < -0.4 is 4.90 Å². The summed E-state index contributed by atoms with van der Waals surface area (Å²) in [4.78, 5) is 31.6. The molecule has 3 fully saturated rings. The Morgan fingerprint density at radius 2 is 2.00 bits per heavy atom. The van der Waals surface area contributed by atoms with Gasteiger partial charge in [-0.1, -0.05) is 35.3 Å². The molecule has 1 amide bonds. The van der Waals surface area contributed by atoms with Crippen molar-refractivity contribution in [2.45, 2.75) is 58.0 Å².